The van der Waals surface area contributed by atoms with Crippen molar-refractivity contribution in [2.45, 2.75) is 32.8 Å². The largest absolute Gasteiger partial charge is 0.443 e. The summed E-state index contributed by atoms with van der Waals surface area (Å²) in [7, 11) is 0. The molecule has 0 aromatic carbocycles. The molecule has 3 N–H and O–H groups in total. The lowest BCUT2D eigenvalue weighted by atomic mass is 9.82. The molecule has 0 aliphatic carbocycles. The summed E-state index contributed by atoms with van der Waals surface area (Å²) in [6, 6.07) is 0. The van der Waals surface area contributed by atoms with Gasteiger partial charge in [0, 0.05) is 5.41 Å². The Morgan fingerprint density at radius 1 is 1.71 bits per heavy atom. The normalized spacial score (nSPS) is 13.4. The first-order chi connectivity index (χ1) is 6.44. The van der Waals surface area contributed by atoms with E-state index in [0.717, 1.165) is 12.8 Å². The van der Waals surface area contributed by atoms with Gasteiger partial charge in [-0.2, -0.15) is 0 Å². The minimum absolute atomic E-state index is 0.215. The van der Waals surface area contributed by atoms with Gasteiger partial charge in [-0.15, -0.1) is 6.58 Å². The van der Waals surface area contributed by atoms with Gasteiger partial charge in [-0.3, -0.25) is 0 Å². The number of rotatable bonds is 6. The molecule has 0 radical (unpaired) electrons. The summed E-state index contributed by atoms with van der Waals surface area (Å²) in [6.07, 6.45) is 1.98. The number of hydrogen-bond acceptors (Lipinski definition) is 3. The molecule has 4 nitrogen and oxygen atoms in total. The average Bonchev–Trinajstić information content (AvgIpc) is 2.10. The third-order valence-electron chi connectivity index (χ3n) is 2.29. The molecule has 0 aliphatic heterocycles. The van der Waals surface area contributed by atoms with Crippen molar-refractivity contribution < 1.29 is 14.6 Å². The van der Waals surface area contributed by atoms with Crippen LogP contribution < -0.4 is 5.73 Å². The second kappa shape index (κ2) is 5.65. The second-order valence-electron chi connectivity index (χ2n) is 3.92. The van der Waals surface area contributed by atoms with E-state index in [-0.39, 0.29) is 12.0 Å². The molecule has 0 bridgehead atoms. The first kappa shape index (κ1) is 13.0. The summed E-state index contributed by atoms with van der Waals surface area (Å²) in [5.41, 5.74) is 4.61. The summed E-state index contributed by atoms with van der Waals surface area (Å²) >= 11 is 0. The maximum Gasteiger partial charge on any atom is 0.404 e. The van der Waals surface area contributed by atoms with Crippen molar-refractivity contribution in [1.29, 1.82) is 0 Å². The van der Waals surface area contributed by atoms with Crippen molar-refractivity contribution in [3.63, 3.8) is 0 Å². The van der Waals surface area contributed by atoms with Crippen LogP contribution in [0.15, 0.2) is 12.7 Å². The zero-order valence-corrected chi connectivity index (χ0v) is 8.82. The van der Waals surface area contributed by atoms with Gasteiger partial charge in [0.05, 0.1) is 6.61 Å². The van der Waals surface area contributed by atoms with Crippen LogP contribution in [-0.4, -0.2) is 23.9 Å². The number of aliphatic hydroxyl groups is 1. The first-order valence-corrected chi connectivity index (χ1v) is 4.62. The van der Waals surface area contributed by atoms with Gasteiger partial charge in [0.2, 0.25) is 0 Å². The summed E-state index contributed by atoms with van der Waals surface area (Å²) in [5.74, 6) is 0. The molecular formula is C10H19NO3. The van der Waals surface area contributed by atoms with Crippen LogP contribution in [0, 0.1) is 5.41 Å². The monoisotopic (exact) mass is 201 g/mol. The SMILES string of the molecule is C=CCCC(C)(C)[C@@H](CO)OC(N)=O. The average molecular weight is 201 g/mol. The molecule has 0 saturated carbocycles. The Labute approximate surface area is 84.7 Å². The number of hydrogen-bond donors (Lipinski definition) is 2. The minimum Gasteiger partial charge on any atom is -0.443 e. The molecule has 0 aliphatic rings. The molecular weight excluding hydrogens is 182 g/mol. The topological polar surface area (TPSA) is 72.6 Å². The third kappa shape index (κ3) is 4.28. The summed E-state index contributed by atoms with van der Waals surface area (Å²) in [4.78, 5) is 10.6. The standard InChI is InChI=1S/C10H19NO3/c1-4-5-6-10(2,3)8(7-12)14-9(11)13/h4,8,12H,1,5-7H2,2-3H3,(H2,11,13)/t8-/m1/s1. The lowest BCUT2D eigenvalue weighted by Gasteiger charge is -2.31. The number of ether oxygens (including phenoxy) is 1. The van der Waals surface area contributed by atoms with Crippen LogP contribution in [0.5, 0.6) is 0 Å². The third-order valence-corrected chi connectivity index (χ3v) is 2.29. The van der Waals surface area contributed by atoms with E-state index >= 15 is 0 Å². The predicted molar refractivity (Wildman–Crippen MR) is 54.8 cm³/mol. The molecule has 0 unspecified atom stereocenters. The number of carbonyl (C=O) groups excluding carboxylic acids is 1. The maximum absolute atomic E-state index is 10.6. The Morgan fingerprint density at radius 3 is 2.64 bits per heavy atom. The number of carbonyl (C=O) groups is 1. The van der Waals surface area contributed by atoms with E-state index in [4.69, 9.17) is 15.6 Å². The molecule has 1 atom stereocenters. The van der Waals surface area contributed by atoms with Crippen molar-refractivity contribution >= 4 is 6.09 Å². The van der Waals surface area contributed by atoms with E-state index in [1.807, 2.05) is 13.8 Å². The molecule has 0 rings (SSSR count). The summed E-state index contributed by atoms with van der Waals surface area (Å²) in [6.45, 7) is 7.23. The van der Waals surface area contributed by atoms with Crippen molar-refractivity contribution in [3.8, 4) is 0 Å². The second-order valence-corrected chi connectivity index (χ2v) is 3.92. The van der Waals surface area contributed by atoms with Crippen LogP contribution in [0.3, 0.4) is 0 Å². The van der Waals surface area contributed by atoms with E-state index < -0.39 is 12.2 Å². The van der Waals surface area contributed by atoms with Crippen molar-refractivity contribution in [2.24, 2.45) is 11.1 Å². The maximum atomic E-state index is 10.6. The van der Waals surface area contributed by atoms with Crippen LogP contribution in [0.2, 0.25) is 0 Å². The van der Waals surface area contributed by atoms with Crippen LogP contribution in [0.1, 0.15) is 26.7 Å². The molecule has 0 aromatic rings. The molecule has 0 aromatic heterocycles. The molecule has 1 amide bonds. The fourth-order valence-corrected chi connectivity index (χ4v) is 1.22. The van der Waals surface area contributed by atoms with E-state index in [0.29, 0.717) is 0 Å². The predicted octanol–water partition coefficient (Wildman–Crippen LogP) is 1.43. The zero-order valence-electron chi connectivity index (χ0n) is 8.82. The first-order valence-electron chi connectivity index (χ1n) is 4.62. The van der Waals surface area contributed by atoms with Gasteiger partial charge in [-0.25, -0.2) is 4.79 Å². The Morgan fingerprint density at radius 2 is 2.29 bits per heavy atom. The van der Waals surface area contributed by atoms with Crippen molar-refractivity contribution in [3.05, 3.63) is 12.7 Å². The van der Waals surface area contributed by atoms with E-state index in [9.17, 15) is 4.79 Å². The molecule has 0 heterocycles. The lowest BCUT2D eigenvalue weighted by Crippen LogP contribution is -2.38. The number of primary amides is 1. The number of aliphatic hydroxyl groups excluding tert-OH is 1. The Hall–Kier alpha value is -1.03. The smallest absolute Gasteiger partial charge is 0.404 e. The highest BCUT2D eigenvalue weighted by Gasteiger charge is 2.30. The Bertz CT molecular complexity index is 202. The van der Waals surface area contributed by atoms with Crippen molar-refractivity contribution in [1.82, 2.24) is 0 Å². The van der Waals surface area contributed by atoms with Gasteiger partial charge in [0.1, 0.15) is 6.10 Å². The zero-order chi connectivity index (χ0) is 11.2. The molecule has 0 saturated heterocycles. The highest BCUT2D eigenvalue weighted by molar-refractivity contribution is 5.64. The van der Waals surface area contributed by atoms with Gasteiger partial charge in [-0.05, 0) is 12.8 Å². The van der Waals surface area contributed by atoms with Crippen LogP contribution in [0.4, 0.5) is 4.79 Å². The molecule has 0 spiro atoms. The summed E-state index contributed by atoms with van der Waals surface area (Å²) in [5, 5.41) is 9.05. The van der Waals surface area contributed by atoms with Gasteiger partial charge in [0.25, 0.3) is 0 Å². The van der Waals surface area contributed by atoms with Crippen molar-refractivity contribution in [2.75, 3.05) is 6.61 Å². The van der Waals surface area contributed by atoms with Gasteiger partial charge >= 0.3 is 6.09 Å². The fraction of sp³-hybridized carbons (Fsp3) is 0.700. The van der Waals surface area contributed by atoms with Crippen LogP contribution >= 0.6 is 0 Å². The number of allylic oxidation sites excluding steroid dienone is 1. The van der Waals surface area contributed by atoms with E-state index in [2.05, 4.69) is 6.58 Å². The molecule has 0 fully saturated rings. The van der Waals surface area contributed by atoms with Crippen LogP contribution in [-0.2, 0) is 4.74 Å². The minimum atomic E-state index is -0.851. The summed E-state index contributed by atoms with van der Waals surface area (Å²) < 4.78 is 4.82. The van der Waals surface area contributed by atoms with Gasteiger partial charge in [-0.1, -0.05) is 19.9 Å². The molecule has 14 heavy (non-hydrogen) atoms. The molecule has 82 valence electrons. The lowest BCUT2D eigenvalue weighted by molar-refractivity contribution is -0.0125. The van der Waals surface area contributed by atoms with Gasteiger partial charge < -0.3 is 15.6 Å². The Kier molecular flexibility index (Phi) is 5.23. The highest BCUT2D eigenvalue weighted by Crippen LogP contribution is 2.29. The van der Waals surface area contributed by atoms with Gasteiger partial charge in [0.15, 0.2) is 0 Å². The van der Waals surface area contributed by atoms with Crippen LogP contribution in [0.25, 0.3) is 0 Å². The Balaban J connectivity index is 4.30. The quantitative estimate of drug-likeness (QED) is 0.638. The number of nitrogens with two attached hydrogens (primary N) is 1. The highest BCUT2D eigenvalue weighted by atomic mass is 16.6. The number of amides is 1. The fourth-order valence-electron chi connectivity index (χ4n) is 1.22. The van der Waals surface area contributed by atoms with E-state index in [1.54, 1.807) is 6.08 Å². The van der Waals surface area contributed by atoms with E-state index in [1.165, 1.54) is 0 Å². The molecule has 4 heteroatoms.